The first kappa shape index (κ1) is 13.6. The Morgan fingerprint density at radius 3 is 2.47 bits per heavy atom. The monoisotopic (exact) mass is 297 g/mol. The summed E-state index contributed by atoms with van der Waals surface area (Å²) in [5, 5.41) is 3.30. The van der Waals surface area contributed by atoms with Crippen LogP contribution in [0.15, 0.2) is 30.3 Å². The summed E-state index contributed by atoms with van der Waals surface area (Å²) in [6.45, 7) is 0. The molecule has 0 atom stereocenters. The van der Waals surface area contributed by atoms with Gasteiger partial charge in [0.05, 0.1) is 12.7 Å². The zero-order chi connectivity index (χ0) is 13.8. The fourth-order valence-corrected chi connectivity index (χ4v) is 1.82. The molecule has 19 heavy (non-hydrogen) atoms. The van der Waals surface area contributed by atoms with E-state index in [4.69, 9.17) is 23.2 Å². The molecule has 1 aromatic carbocycles. The Morgan fingerprint density at radius 1 is 1.21 bits per heavy atom. The van der Waals surface area contributed by atoms with Crippen LogP contribution in [-0.4, -0.2) is 23.0 Å². The number of ether oxygens (including phenoxy) is 1. The summed E-state index contributed by atoms with van der Waals surface area (Å²) in [4.78, 5) is 19.0. The van der Waals surface area contributed by atoms with Crippen molar-refractivity contribution in [2.24, 2.45) is 0 Å². The van der Waals surface area contributed by atoms with Gasteiger partial charge in [-0.05, 0) is 35.9 Å². The third-order valence-corrected chi connectivity index (χ3v) is 2.61. The molecule has 0 fully saturated rings. The predicted molar refractivity (Wildman–Crippen MR) is 73.1 cm³/mol. The quantitative estimate of drug-likeness (QED) is 0.535. The van der Waals surface area contributed by atoms with Gasteiger partial charge in [-0.2, -0.15) is 0 Å². The number of nitrogens with one attached hydrogen (secondary N) is 1. The van der Waals surface area contributed by atoms with E-state index in [1.807, 2.05) is 0 Å². The molecular weight excluding hydrogens is 289 g/mol. The average Bonchev–Trinajstić information content (AvgIpc) is 2.37. The molecule has 1 heterocycles. The number of nitrogens with zero attached hydrogens (tertiary/aromatic N) is 2. The Kier molecular flexibility index (Phi) is 4.19. The third kappa shape index (κ3) is 3.56. The van der Waals surface area contributed by atoms with Crippen molar-refractivity contribution in [3.05, 3.63) is 46.3 Å². The number of hydrogen-bond acceptors (Lipinski definition) is 5. The molecule has 5 nitrogen and oxygen atoms in total. The maximum atomic E-state index is 11.3. The highest BCUT2D eigenvalue weighted by Crippen LogP contribution is 2.19. The first-order chi connectivity index (χ1) is 9.08. The second-order valence-corrected chi connectivity index (χ2v) is 4.26. The maximum absolute atomic E-state index is 11.3. The van der Waals surface area contributed by atoms with Crippen LogP contribution in [0.25, 0.3) is 0 Å². The Hall–Kier alpha value is -1.85. The first-order valence-corrected chi connectivity index (χ1v) is 5.99. The van der Waals surface area contributed by atoms with Crippen molar-refractivity contribution in [1.29, 1.82) is 0 Å². The lowest BCUT2D eigenvalue weighted by Gasteiger charge is -2.06. The van der Waals surface area contributed by atoms with E-state index >= 15 is 0 Å². The largest absolute Gasteiger partial charge is 0.465 e. The van der Waals surface area contributed by atoms with Gasteiger partial charge in [-0.3, -0.25) is 0 Å². The van der Waals surface area contributed by atoms with E-state index in [1.165, 1.54) is 7.11 Å². The number of carbonyl (C=O) groups is 1. The van der Waals surface area contributed by atoms with Gasteiger partial charge in [0.15, 0.2) is 0 Å². The van der Waals surface area contributed by atoms with Crippen molar-refractivity contribution in [2.45, 2.75) is 0 Å². The molecule has 0 unspecified atom stereocenters. The minimum Gasteiger partial charge on any atom is -0.465 e. The summed E-state index contributed by atoms with van der Waals surface area (Å²) in [6.07, 6.45) is 0. The maximum Gasteiger partial charge on any atom is 0.337 e. The average molecular weight is 298 g/mol. The van der Waals surface area contributed by atoms with Crippen molar-refractivity contribution in [3.63, 3.8) is 0 Å². The lowest BCUT2D eigenvalue weighted by molar-refractivity contribution is 0.0601. The van der Waals surface area contributed by atoms with E-state index in [0.29, 0.717) is 11.4 Å². The van der Waals surface area contributed by atoms with Gasteiger partial charge >= 0.3 is 5.97 Å². The van der Waals surface area contributed by atoms with Gasteiger partial charge < -0.3 is 10.1 Å². The van der Waals surface area contributed by atoms with E-state index in [9.17, 15) is 4.79 Å². The lowest BCUT2D eigenvalue weighted by Crippen LogP contribution is -2.01. The van der Waals surface area contributed by atoms with Crippen LogP contribution in [0.3, 0.4) is 0 Å². The normalized spacial score (nSPS) is 10.1. The van der Waals surface area contributed by atoms with Crippen molar-refractivity contribution >= 4 is 40.7 Å². The number of esters is 1. The molecule has 2 aromatic rings. The van der Waals surface area contributed by atoms with Crippen LogP contribution < -0.4 is 5.32 Å². The third-order valence-electron chi connectivity index (χ3n) is 2.25. The molecule has 1 aromatic heterocycles. The van der Waals surface area contributed by atoms with Gasteiger partial charge in [-0.1, -0.05) is 11.6 Å². The topological polar surface area (TPSA) is 64.1 Å². The van der Waals surface area contributed by atoms with Crippen LogP contribution in [-0.2, 0) is 4.74 Å². The molecule has 98 valence electrons. The summed E-state index contributed by atoms with van der Waals surface area (Å²) in [7, 11) is 1.33. The molecule has 0 saturated heterocycles. The minimum atomic E-state index is -0.389. The molecule has 0 saturated carbocycles. The summed E-state index contributed by atoms with van der Waals surface area (Å²) in [5.41, 5.74) is 1.20. The summed E-state index contributed by atoms with van der Waals surface area (Å²) in [5.74, 6) is 0.0792. The Morgan fingerprint density at radius 2 is 1.89 bits per heavy atom. The van der Waals surface area contributed by atoms with Gasteiger partial charge in [0.25, 0.3) is 0 Å². The molecule has 0 amide bonds. The van der Waals surface area contributed by atoms with E-state index in [-0.39, 0.29) is 16.4 Å². The summed E-state index contributed by atoms with van der Waals surface area (Å²) < 4.78 is 4.61. The Balaban J connectivity index is 2.17. The first-order valence-electron chi connectivity index (χ1n) is 5.24. The number of methoxy groups -OCH3 is 1. The summed E-state index contributed by atoms with van der Waals surface area (Å²) in [6, 6.07) is 8.26. The smallest absolute Gasteiger partial charge is 0.337 e. The number of benzene rings is 1. The lowest BCUT2D eigenvalue weighted by atomic mass is 10.2. The van der Waals surface area contributed by atoms with Crippen molar-refractivity contribution in [2.75, 3.05) is 12.4 Å². The van der Waals surface area contributed by atoms with E-state index in [2.05, 4.69) is 20.0 Å². The molecular formula is C12H9Cl2N3O2. The zero-order valence-corrected chi connectivity index (χ0v) is 11.4. The number of carbonyl (C=O) groups excluding carboxylic acids is 1. The molecule has 0 aliphatic rings. The van der Waals surface area contributed by atoms with E-state index in [0.717, 1.165) is 5.69 Å². The highest BCUT2D eigenvalue weighted by molar-refractivity contribution is 6.32. The van der Waals surface area contributed by atoms with Gasteiger partial charge in [-0.25, -0.2) is 14.8 Å². The van der Waals surface area contributed by atoms with Crippen molar-refractivity contribution < 1.29 is 9.53 Å². The number of rotatable bonds is 3. The van der Waals surface area contributed by atoms with Gasteiger partial charge in [0.1, 0.15) is 11.0 Å². The number of halogens is 2. The minimum absolute atomic E-state index is 0.0566. The molecule has 0 radical (unpaired) electrons. The van der Waals surface area contributed by atoms with Crippen LogP contribution in [0, 0.1) is 0 Å². The fraction of sp³-hybridized carbons (Fsp3) is 0.0833. The molecule has 7 heteroatoms. The molecule has 0 spiro atoms. The Bertz CT molecular complexity index is 582. The van der Waals surface area contributed by atoms with Crippen molar-refractivity contribution in [1.82, 2.24) is 9.97 Å². The molecule has 0 aliphatic carbocycles. The van der Waals surface area contributed by atoms with Gasteiger partial charge in [0.2, 0.25) is 5.28 Å². The SMILES string of the molecule is COC(=O)c1ccc(Nc2cc(Cl)nc(Cl)n2)cc1. The van der Waals surface area contributed by atoms with Crippen LogP contribution >= 0.6 is 23.2 Å². The second kappa shape index (κ2) is 5.86. The van der Waals surface area contributed by atoms with E-state index < -0.39 is 0 Å². The zero-order valence-electron chi connectivity index (χ0n) is 9.85. The van der Waals surface area contributed by atoms with Crippen LogP contribution in [0.1, 0.15) is 10.4 Å². The second-order valence-electron chi connectivity index (χ2n) is 3.54. The van der Waals surface area contributed by atoms with Crippen molar-refractivity contribution in [3.8, 4) is 0 Å². The summed E-state index contributed by atoms with van der Waals surface area (Å²) >= 11 is 11.5. The highest BCUT2D eigenvalue weighted by Gasteiger charge is 2.05. The van der Waals surface area contributed by atoms with Crippen LogP contribution in [0.4, 0.5) is 11.5 Å². The Labute approximate surface area is 119 Å². The fourth-order valence-electron chi connectivity index (χ4n) is 1.41. The van der Waals surface area contributed by atoms with Crippen LogP contribution in [0.5, 0.6) is 0 Å². The standard InChI is InChI=1S/C12H9Cl2N3O2/c1-19-11(18)7-2-4-8(5-3-7)15-10-6-9(13)16-12(14)17-10/h2-6H,1H3,(H,15,16,17). The molecule has 0 aliphatic heterocycles. The predicted octanol–water partition coefficient (Wildman–Crippen LogP) is 3.31. The molecule has 0 bridgehead atoms. The van der Waals surface area contributed by atoms with Gasteiger partial charge in [0, 0.05) is 11.8 Å². The van der Waals surface area contributed by atoms with Crippen LogP contribution in [0.2, 0.25) is 10.4 Å². The number of aromatic nitrogens is 2. The highest BCUT2D eigenvalue weighted by atomic mass is 35.5. The van der Waals surface area contributed by atoms with Gasteiger partial charge in [-0.15, -0.1) is 0 Å². The molecule has 1 N–H and O–H groups in total. The van der Waals surface area contributed by atoms with E-state index in [1.54, 1.807) is 30.3 Å². The number of anilines is 2. The number of hydrogen-bond donors (Lipinski definition) is 1. The molecule has 2 rings (SSSR count).